The molecule has 2 rings (SSSR count). The van der Waals surface area contributed by atoms with Gasteiger partial charge in [0.25, 0.3) is 0 Å². The van der Waals surface area contributed by atoms with Crippen LogP contribution in [0.5, 0.6) is 0 Å². The minimum absolute atomic E-state index is 0.0555. The number of piperidine rings is 1. The van der Waals surface area contributed by atoms with Crippen LogP contribution in [0, 0.1) is 0 Å². The highest BCUT2D eigenvalue weighted by Crippen LogP contribution is 2.20. The van der Waals surface area contributed by atoms with E-state index in [1.165, 1.54) is 6.20 Å². The molecule has 0 unspecified atom stereocenters. The van der Waals surface area contributed by atoms with Gasteiger partial charge < -0.3 is 14.7 Å². The summed E-state index contributed by atoms with van der Waals surface area (Å²) in [4.78, 5) is 20.7. The highest BCUT2D eigenvalue weighted by molar-refractivity contribution is 6.29. The maximum atomic E-state index is 10.4. The summed E-state index contributed by atoms with van der Waals surface area (Å²) in [6, 6.07) is 0. The molecule has 1 aromatic rings. The molecule has 0 atom stereocenters. The Hall–Kier alpha value is -1.40. The molecule has 7 heteroatoms. The van der Waals surface area contributed by atoms with Crippen LogP contribution >= 0.6 is 11.6 Å². The SMILES string of the molecule is O=C(O)CCOC1CCN(c2cncc(Cl)n2)CC1. The average molecular weight is 286 g/mol. The van der Waals surface area contributed by atoms with E-state index in [2.05, 4.69) is 14.9 Å². The van der Waals surface area contributed by atoms with Gasteiger partial charge in [-0.2, -0.15) is 0 Å². The lowest BCUT2D eigenvalue weighted by Gasteiger charge is -2.32. The highest BCUT2D eigenvalue weighted by Gasteiger charge is 2.21. The summed E-state index contributed by atoms with van der Waals surface area (Å²) in [6.07, 6.45) is 5.09. The molecule has 0 amide bonds. The second-order valence-corrected chi connectivity index (χ2v) is 4.79. The van der Waals surface area contributed by atoms with E-state index >= 15 is 0 Å². The van der Waals surface area contributed by atoms with Crippen LogP contribution in [-0.2, 0) is 9.53 Å². The third-order valence-electron chi connectivity index (χ3n) is 3.03. The van der Waals surface area contributed by atoms with Crippen molar-refractivity contribution in [3.63, 3.8) is 0 Å². The number of carbonyl (C=O) groups is 1. The number of hydrogen-bond donors (Lipinski definition) is 1. The maximum Gasteiger partial charge on any atom is 0.305 e. The van der Waals surface area contributed by atoms with E-state index < -0.39 is 5.97 Å². The Balaban J connectivity index is 1.77. The lowest BCUT2D eigenvalue weighted by atomic mass is 10.1. The van der Waals surface area contributed by atoms with Gasteiger partial charge in [-0.3, -0.25) is 9.78 Å². The zero-order valence-electron chi connectivity index (χ0n) is 10.5. The Labute approximate surface area is 116 Å². The molecule has 0 saturated carbocycles. The summed E-state index contributed by atoms with van der Waals surface area (Å²) in [5.41, 5.74) is 0. The first-order valence-corrected chi connectivity index (χ1v) is 6.59. The standard InChI is InChI=1S/C12H16ClN3O3/c13-10-7-14-8-11(15-10)16-4-1-9(2-5-16)19-6-3-12(17)18/h7-9H,1-6H2,(H,17,18). The van der Waals surface area contributed by atoms with Gasteiger partial charge in [-0.05, 0) is 12.8 Å². The first-order chi connectivity index (χ1) is 9.15. The monoisotopic (exact) mass is 285 g/mol. The summed E-state index contributed by atoms with van der Waals surface area (Å²) in [7, 11) is 0. The van der Waals surface area contributed by atoms with Crippen molar-refractivity contribution in [1.29, 1.82) is 0 Å². The fourth-order valence-corrected chi connectivity index (χ4v) is 2.19. The minimum Gasteiger partial charge on any atom is -0.481 e. The largest absolute Gasteiger partial charge is 0.481 e. The fraction of sp³-hybridized carbons (Fsp3) is 0.583. The van der Waals surface area contributed by atoms with E-state index in [0.717, 1.165) is 31.7 Å². The van der Waals surface area contributed by atoms with Crippen molar-refractivity contribution in [1.82, 2.24) is 9.97 Å². The smallest absolute Gasteiger partial charge is 0.305 e. The lowest BCUT2D eigenvalue weighted by Crippen LogP contribution is -2.37. The van der Waals surface area contributed by atoms with E-state index in [0.29, 0.717) is 5.15 Å². The van der Waals surface area contributed by atoms with Crippen LogP contribution in [0.25, 0.3) is 0 Å². The Morgan fingerprint density at radius 3 is 2.84 bits per heavy atom. The third kappa shape index (κ3) is 4.33. The number of ether oxygens (including phenoxy) is 1. The summed E-state index contributed by atoms with van der Waals surface area (Å²) in [5, 5.41) is 8.93. The van der Waals surface area contributed by atoms with Gasteiger partial charge in [-0.15, -0.1) is 0 Å². The molecule has 1 aromatic heterocycles. The Morgan fingerprint density at radius 1 is 1.47 bits per heavy atom. The number of anilines is 1. The molecule has 1 aliphatic rings. The molecular weight excluding hydrogens is 270 g/mol. The second-order valence-electron chi connectivity index (χ2n) is 4.40. The lowest BCUT2D eigenvalue weighted by molar-refractivity contribution is -0.138. The molecule has 0 bridgehead atoms. The first kappa shape index (κ1) is 14.0. The predicted octanol–water partition coefficient (Wildman–Crippen LogP) is 1.59. The van der Waals surface area contributed by atoms with Crippen LogP contribution in [0.3, 0.4) is 0 Å². The zero-order valence-corrected chi connectivity index (χ0v) is 11.2. The van der Waals surface area contributed by atoms with Crippen LogP contribution in [0.1, 0.15) is 19.3 Å². The molecule has 1 N–H and O–H groups in total. The predicted molar refractivity (Wildman–Crippen MR) is 70.5 cm³/mol. The number of halogens is 1. The number of carboxylic acid groups (broad SMARTS) is 1. The Morgan fingerprint density at radius 2 is 2.21 bits per heavy atom. The molecular formula is C12H16ClN3O3. The van der Waals surface area contributed by atoms with E-state index in [-0.39, 0.29) is 19.1 Å². The molecule has 0 spiro atoms. The molecule has 1 saturated heterocycles. The molecule has 0 radical (unpaired) electrons. The average Bonchev–Trinajstić information content (AvgIpc) is 2.39. The van der Waals surface area contributed by atoms with Gasteiger partial charge in [0, 0.05) is 13.1 Å². The van der Waals surface area contributed by atoms with Crippen LogP contribution in [0.2, 0.25) is 5.15 Å². The molecule has 6 nitrogen and oxygen atoms in total. The second kappa shape index (κ2) is 6.68. The van der Waals surface area contributed by atoms with E-state index in [1.807, 2.05) is 0 Å². The number of aliphatic carboxylic acids is 1. The quantitative estimate of drug-likeness (QED) is 0.885. The summed E-state index contributed by atoms with van der Waals surface area (Å²) in [6.45, 7) is 1.90. The van der Waals surface area contributed by atoms with Gasteiger partial charge in [-0.1, -0.05) is 11.6 Å². The van der Waals surface area contributed by atoms with Gasteiger partial charge in [0.1, 0.15) is 11.0 Å². The molecule has 2 heterocycles. The Bertz CT molecular complexity index is 436. The summed E-state index contributed by atoms with van der Waals surface area (Å²) in [5.74, 6) is -0.0527. The number of rotatable bonds is 5. The van der Waals surface area contributed by atoms with Crippen LogP contribution < -0.4 is 4.90 Å². The summed E-state index contributed by atoms with van der Waals surface area (Å²) >= 11 is 5.81. The Kier molecular flexibility index (Phi) is 4.93. The number of nitrogens with zero attached hydrogens (tertiary/aromatic N) is 3. The molecule has 1 fully saturated rings. The van der Waals surface area contributed by atoms with Crippen molar-refractivity contribution in [3.8, 4) is 0 Å². The van der Waals surface area contributed by atoms with Gasteiger partial charge in [-0.25, -0.2) is 4.98 Å². The van der Waals surface area contributed by atoms with Gasteiger partial charge >= 0.3 is 5.97 Å². The van der Waals surface area contributed by atoms with Gasteiger partial charge in [0.2, 0.25) is 0 Å². The van der Waals surface area contributed by atoms with Crippen molar-refractivity contribution in [2.45, 2.75) is 25.4 Å². The highest BCUT2D eigenvalue weighted by atomic mass is 35.5. The number of carboxylic acids is 1. The van der Waals surface area contributed by atoms with Crippen LogP contribution in [-0.4, -0.2) is 46.8 Å². The minimum atomic E-state index is -0.827. The van der Waals surface area contributed by atoms with Gasteiger partial charge in [0.15, 0.2) is 0 Å². The van der Waals surface area contributed by atoms with E-state index in [9.17, 15) is 4.79 Å². The summed E-state index contributed by atoms with van der Waals surface area (Å²) < 4.78 is 5.53. The maximum absolute atomic E-state index is 10.4. The van der Waals surface area contributed by atoms with Crippen molar-refractivity contribution in [2.75, 3.05) is 24.6 Å². The normalized spacial score (nSPS) is 16.6. The molecule has 1 aliphatic heterocycles. The topological polar surface area (TPSA) is 75.6 Å². The fourth-order valence-electron chi connectivity index (χ4n) is 2.05. The zero-order chi connectivity index (χ0) is 13.7. The van der Waals surface area contributed by atoms with E-state index in [1.54, 1.807) is 6.20 Å². The third-order valence-corrected chi connectivity index (χ3v) is 3.21. The molecule has 19 heavy (non-hydrogen) atoms. The number of aromatic nitrogens is 2. The molecule has 104 valence electrons. The van der Waals surface area contributed by atoms with Crippen molar-refractivity contribution >= 4 is 23.4 Å². The van der Waals surface area contributed by atoms with Crippen molar-refractivity contribution in [3.05, 3.63) is 17.5 Å². The van der Waals surface area contributed by atoms with Crippen LogP contribution in [0.4, 0.5) is 5.82 Å². The first-order valence-electron chi connectivity index (χ1n) is 6.21. The van der Waals surface area contributed by atoms with E-state index in [4.69, 9.17) is 21.4 Å². The van der Waals surface area contributed by atoms with Gasteiger partial charge in [0.05, 0.1) is 31.5 Å². The number of hydrogen-bond acceptors (Lipinski definition) is 5. The van der Waals surface area contributed by atoms with Crippen molar-refractivity contribution in [2.24, 2.45) is 0 Å². The molecule has 0 aromatic carbocycles. The van der Waals surface area contributed by atoms with Crippen molar-refractivity contribution < 1.29 is 14.6 Å². The molecule has 0 aliphatic carbocycles. The van der Waals surface area contributed by atoms with Crippen LogP contribution in [0.15, 0.2) is 12.4 Å².